The number of nitrogens with zero attached hydrogens (tertiary/aromatic N) is 3. The van der Waals surface area contributed by atoms with Crippen molar-refractivity contribution in [3.8, 4) is 34.5 Å². The molecule has 0 amide bonds. The number of rotatable bonds is 8. The van der Waals surface area contributed by atoms with Gasteiger partial charge in [0.2, 0.25) is 17.4 Å². The molecule has 0 spiro atoms. The van der Waals surface area contributed by atoms with E-state index in [-0.39, 0.29) is 11.7 Å². The molecule has 1 N–H and O–H groups in total. The SMILES string of the molecule is COc1cc([C@H]2CC(=O)C3=C(C2)Nc2ncnn2[C@H]3c2cc(OC)c(OC)c(OC)c2)cc(OC)c1OC. The second-order valence-corrected chi connectivity index (χ2v) is 8.89. The molecule has 0 bridgehead atoms. The first kappa shape index (κ1) is 25.2. The third kappa shape index (κ3) is 4.04. The lowest BCUT2D eigenvalue weighted by Gasteiger charge is -2.35. The molecule has 2 aromatic carbocycles. The minimum absolute atomic E-state index is 0.00240. The predicted octanol–water partition coefficient (Wildman–Crippen LogP) is 3.75. The highest BCUT2D eigenvalue weighted by molar-refractivity contribution is 6.00. The van der Waals surface area contributed by atoms with E-state index in [1.54, 1.807) is 47.3 Å². The highest BCUT2D eigenvalue weighted by atomic mass is 16.5. The van der Waals surface area contributed by atoms with Crippen LogP contribution in [0.5, 0.6) is 34.5 Å². The van der Waals surface area contributed by atoms with Crippen molar-refractivity contribution in [3.63, 3.8) is 0 Å². The lowest BCUT2D eigenvalue weighted by atomic mass is 9.77. The van der Waals surface area contributed by atoms with Crippen molar-refractivity contribution in [1.29, 1.82) is 0 Å². The topological polar surface area (TPSA) is 115 Å². The molecule has 0 unspecified atom stereocenters. The van der Waals surface area contributed by atoms with E-state index in [0.29, 0.717) is 58.9 Å². The smallest absolute Gasteiger partial charge is 0.226 e. The van der Waals surface area contributed by atoms with Crippen LogP contribution >= 0.6 is 0 Å². The number of carbonyl (C=O) groups excluding carboxylic acids is 1. The highest BCUT2D eigenvalue weighted by Crippen LogP contribution is 2.49. The van der Waals surface area contributed by atoms with Crippen LogP contribution in [0.1, 0.15) is 35.9 Å². The Morgan fingerprint density at radius 1 is 0.763 bits per heavy atom. The molecule has 0 radical (unpaired) electrons. The Hall–Kier alpha value is -4.41. The van der Waals surface area contributed by atoms with Gasteiger partial charge in [-0.2, -0.15) is 10.1 Å². The monoisotopic (exact) mass is 522 g/mol. The zero-order valence-corrected chi connectivity index (χ0v) is 22.2. The molecule has 200 valence electrons. The maximum atomic E-state index is 13.9. The standard InChI is InChI=1S/C27H30N4O7/c1-33-19-9-15(10-20(34-2)25(19)37-5)14-7-17-23(18(32)8-14)24(31-27(30-17)28-13-29-31)16-11-21(35-3)26(38-6)22(12-16)36-4/h9-14,24H,7-8H2,1-6H3,(H,28,29,30)/t14-,24+/m1/s1. The summed E-state index contributed by atoms with van der Waals surface area (Å²) in [6.45, 7) is 0. The Bertz CT molecular complexity index is 1360. The van der Waals surface area contributed by atoms with Crippen molar-refractivity contribution in [2.24, 2.45) is 0 Å². The highest BCUT2D eigenvalue weighted by Gasteiger charge is 2.40. The molecule has 11 nitrogen and oxygen atoms in total. The zero-order valence-electron chi connectivity index (χ0n) is 22.2. The first-order valence-corrected chi connectivity index (χ1v) is 12.0. The number of hydrogen-bond acceptors (Lipinski definition) is 10. The normalized spacial score (nSPS) is 18.2. The second kappa shape index (κ2) is 10.2. The first-order valence-electron chi connectivity index (χ1n) is 12.0. The molecule has 1 aliphatic heterocycles. The fraction of sp³-hybridized carbons (Fsp3) is 0.370. The van der Waals surface area contributed by atoms with E-state index in [4.69, 9.17) is 28.4 Å². The molecule has 2 aliphatic rings. The summed E-state index contributed by atoms with van der Waals surface area (Å²) in [6, 6.07) is 6.95. The van der Waals surface area contributed by atoms with E-state index < -0.39 is 6.04 Å². The zero-order chi connectivity index (χ0) is 27.0. The van der Waals surface area contributed by atoms with E-state index in [1.165, 1.54) is 6.33 Å². The van der Waals surface area contributed by atoms with Crippen molar-refractivity contribution in [2.75, 3.05) is 48.0 Å². The molecule has 11 heteroatoms. The van der Waals surface area contributed by atoms with Gasteiger partial charge in [-0.15, -0.1) is 0 Å². The maximum absolute atomic E-state index is 13.9. The van der Waals surface area contributed by atoms with Crippen LogP contribution in [0.2, 0.25) is 0 Å². The van der Waals surface area contributed by atoms with Crippen LogP contribution < -0.4 is 33.7 Å². The van der Waals surface area contributed by atoms with Crippen LogP contribution in [0.3, 0.4) is 0 Å². The van der Waals surface area contributed by atoms with Crippen LogP contribution in [0.4, 0.5) is 5.95 Å². The number of carbonyl (C=O) groups is 1. The summed E-state index contributed by atoms with van der Waals surface area (Å²) >= 11 is 0. The summed E-state index contributed by atoms with van der Waals surface area (Å²) < 4.78 is 34.9. The van der Waals surface area contributed by atoms with Gasteiger partial charge in [0.05, 0.1) is 42.7 Å². The van der Waals surface area contributed by atoms with Gasteiger partial charge < -0.3 is 33.7 Å². The number of nitrogens with one attached hydrogen (secondary N) is 1. The van der Waals surface area contributed by atoms with Crippen LogP contribution in [0.15, 0.2) is 41.9 Å². The minimum Gasteiger partial charge on any atom is -0.493 e. The van der Waals surface area contributed by atoms with Gasteiger partial charge in [0.1, 0.15) is 12.4 Å². The Balaban J connectivity index is 1.61. The van der Waals surface area contributed by atoms with Crippen LogP contribution in [-0.4, -0.2) is 63.2 Å². The summed E-state index contributed by atoms with van der Waals surface area (Å²) in [6.07, 6.45) is 2.34. The third-order valence-electron chi connectivity index (χ3n) is 7.02. The van der Waals surface area contributed by atoms with E-state index in [2.05, 4.69) is 15.4 Å². The molecule has 2 heterocycles. The second-order valence-electron chi connectivity index (χ2n) is 8.89. The Morgan fingerprint density at radius 2 is 1.29 bits per heavy atom. The van der Waals surface area contributed by atoms with E-state index in [1.807, 2.05) is 24.3 Å². The van der Waals surface area contributed by atoms with Gasteiger partial charge in [-0.3, -0.25) is 4.79 Å². The Morgan fingerprint density at radius 3 is 1.79 bits per heavy atom. The summed E-state index contributed by atoms with van der Waals surface area (Å²) in [5.74, 6) is 3.47. The van der Waals surface area contributed by atoms with Gasteiger partial charge in [0, 0.05) is 17.7 Å². The van der Waals surface area contributed by atoms with Crippen LogP contribution in [0.25, 0.3) is 0 Å². The number of aromatic nitrogens is 3. The van der Waals surface area contributed by atoms with Crippen molar-refractivity contribution < 1.29 is 33.2 Å². The van der Waals surface area contributed by atoms with Crippen LogP contribution in [0, 0.1) is 0 Å². The lowest BCUT2D eigenvalue weighted by Crippen LogP contribution is -2.33. The number of anilines is 1. The predicted molar refractivity (Wildman–Crippen MR) is 138 cm³/mol. The molecule has 2 atom stereocenters. The van der Waals surface area contributed by atoms with Crippen molar-refractivity contribution in [3.05, 3.63) is 53.0 Å². The van der Waals surface area contributed by atoms with Gasteiger partial charge >= 0.3 is 0 Å². The Labute approximate surface area is 220 Å². The number of Topliss-reactive ketones (excluding diaryl/α,β-unsaturated/α-hetero) is 1. The maximum Gasteiger partial charge on any atom is 0.226 e. The number of methoxy groups -OCH3 is 6. The van der Waals surface area contributed by atoms with E-state index >= 15 is 0 Å². The van der Waals surface area contributed by atoms with E-state index in [0.717, 1.165) is 16.8 Å². The third-order valence-corrected chi connectivity index (χ3v) is 7.02. The lowest BCUT2D eigenvalue weighted by molar-refractivity contribution is -0.116. The molecular weight excluding hydrogens is 492 g/mol. The summed E-state index contributed by atoms with van der Waals surface area (Å²) in [5.41, 5.74) is 3.10. The number of ether oxygens (including phenoxy) is 6. The number of allylic oxidation sites excluding steroid dienone is 2. The summed E-state index contributed by atoms with van der Waals surface area (Å²) in [4.78, 5) is 18.3. The molecule has 0 saturated carbocycles. The fourth-order valence-electron chi connectivity index (χ4n) is 5.29. The molecule has 5 rings (SSSR count). The van der Waals surface area contributed by atoms with Gasteiger partial charge in [-0.1, -0.05) is 0 Å². The number of hydrogen-bond donors (Lipinski definition) is 1. The molecule has 1 aromatic heterocycles. The van der Waals surface area contributed by atoms with Crippen LogP contribution in [-0.2, 0) is 4.79 Å². The molecular formula is C27H30N4O7. The molecule has 3 aromatic rings. The van der Waals surface area contributed by atoms with Gasteiger partial charge in [0.15, 0.2) is 28.8 Å². The van der Waals surface area contributed by atoms with Gasteiger partial charge in [-0.25, -0.2) is 4.68 Å². The fourth-order valence-corrected chi connectivity index (χ4v) is 5.29. The van der Waals surface area contributed by atoms with E-state index in [9.17, 15) is 4.79 Å². The largest absolute Gasteiger partial charge is 0.493 e. The number of benzene rings is 2. The summed E-state index contributed by atoms with van der Waals surface area (Å²) in [7, 11) is 9.38. The molecule has 0 fully saturated rings. The Kier molecular flexibility index (Phi) is 6.75. The van der Waals surface area contributed by atoms with Gasteiger partial charge in [0.25, 0.3) is 0 Å². The average Bonchev–Trinajstić information content (AvgIpc) is 3.42. The van der Waals surface area contributed by atoms with Crippen molar-refractivity contribution >= 4 is 11.7 Å². The first-order chi connectivity index (χ1) is 18.5. The van der Waals surface area contributed by atoms with Crippen molar-refractivity contribution in [1.82, 2.24) is 14.8 Å². The summed E-state index contributed by atoms with van der Waals surface area (Å²) in [5, 5.41) is 7.77. The molecule has 0 saturated heterocycles. The van der Waals surface area contributed by atoms with Gasteiger partial charge in [-0.05, 0) is 47.7 Å². The quantitative estimate of drug-likeness (QED) is 0.469. The molecule has 38 heavy (non-hydrogen) atoms. The number of fused-ring (bicyclic) bond motifs is 1. The molecule has 1 aliphatic carbocycles. The average molecular weight is 523 g/mol. The van der Waals surface area contributed by atoms with Crippen molar-refractivity contribution in [2.45, 2.75) is 24.8 Å². The minimum atomic E-state index is -0.522. The number of ketones is 1.